The van der Waals surface area contributed by atoms with Crippen LogP contribution in [0.2, 0.25) is 0 Å². The standard InChI is InChI=1S/C15H17N3O2/c1-10(11-5-7-17-8-6-11)18-15(19)13-4-3-12(20-2)9-14(13)16/h3-10H,16H2,1-2H3,(H,18,19)/t10-/m1/s1. The van der Waals surface area contributed by atoms with Gasteiger partial charge >= 0.3 is 0 Å². The van der Waals surface area contributed by atoms with Crippen LogP contribution in [-0.4, -0.2) is 18.0 Å². The summed E-state index contributed by atoms with van der Waals surface area (Å²) in [6.45, 7) is 1.91. The second kappa shape index (κ2) is 6.06. The fraction of sp³-hybridized carbons (Fsp3) is 0.200. The highest BCUT2D eigenvalue weighted by molar-refractivity contribution is 5.99. The number of aromatic nitrogens is 1. The second-order valence-electron chi connectivity index (χ2n) is 4.43. The van der Waals surface area contributed by atoms with Crippen LogP contribution >= 0.6 is 0 Å². The van der Waals surface area contributed by atoms with Crippen LogP contribution in [0.3, 0.4) is 0 Å². The predicted molar refractivity (Wildman–Crippen MR) is 77.5 cm³/mol. The number of nitrogens with one attached hydrogen (secondary N) is 1. The largest absolute Gasteiger partial charge is 0.497 e. The van der Waals surface area contributed by atoms with Crippen LogP contribution in [0.25, 0.3) is 0 Å². The SMILES string of the molecule is COc1ccc(C(=O)N[C@H](C)c2ccncc2)c(N)c1. The highest BCUT2D eigenvalue weighted by Crippen LogP contribution is 2.20. The van der Waals surface area contributed by atoms with Gasteiger partial charge in [0, 0.05) is 24.1 Å². The van der Waals surface area contributed by atoms with Gasteiger partial charge in [0.1, 0.15) is 5.75 Å². The number of benzene rings is 1. The maximum atomic E-state index is 12.2. The highest BCUT2D eigenvalue weighted by atomic mass is 16.5. The predicted octanol–water partition coefficient (Wildman–Crippen LogP) is 2.16. The van der Waals surface area contributed by atoms with Crippen molar-refractivity contribution in [3.8, 4) is 5.75 Å². The van der Waals surface area contributed by atoms with Gasteiger partial charge in [0.25, 0.3) is 5.91 Å². The maximum absolute atomic E-state index is 12.2. The molecule has 0 saturated carbocycles. The molecular weight excluding hydrogens is 254 g/mol. The van der Waals surface area contributed by atoms with Crippen molar-refractivity contribution >= 4 is 11.6 Å². The number of amides is 1. The van der Waals surface area contributed by atoms with Crippen LogP contribution in [0.15, 0.2) is 42.7 Å². The second-order valence-corrected chi connectivity index (χ2v) is 4.43. The molecule has 1 atom stereocenters. The Morgan fingerprint density at radius 3 is 2.60 bits per heavy atom. The number of methoxy groups -OCH3 is 1. The minimum absolute atomic E-state index is 0.119. The molecule has 5 nitrogen and oxygen atoms in total. The molecule has 5 heteroatoms. The fourth-order valence-electron chi connectivity index (χ4n) is 1.88. The molecular formula is C15H17N3O2. The van der Waals surface area contributed by atoms with Gasteiger partial charge in [-0.1, -0.05) is 0 Å². The van der Waals surface area contributed by atoms with Crippen LogP contribution in [-0.2, 0) is 0 Å². The first-order valence-electron chi connectivity index (χ1n) is 6.26. The highest BCUT2D eigenvalue weighted by Gasteiger charge is 2.14. The molecule has 0 saturated heterocycles. The van der Waals surface area contributed by atoms with E-state index >= 15 is 0 Å². The van der Waals surface area contributed by atoms with Gasteiger partial charge in [-0.05, 0) is 36.8 Å². The van der Waals surface area contributed by atoms with Crippen molar-refractivity contribution in [2.45, 2.75) is 13.0 Å². The summed E-state index contributed by atoms with van der Waals surface area (Å²) >= 11 is 0. The molecule has 0 unspecified atom stereocenters. The Morgan fingerprint density at radius 2 is 2.00 bits per heavy atom. The van der Waals surface area contributed by atoms with E-state index < -0.39 is 0 Å². The van der Waals surface area contributed by atoms with E-state index in [1.807, 2.05) is 19.1 Å². The molecule has 1 aromatic heterocycles. The summed E-state index contributed by atoms with van der Waals surface area (Å²) in [6, 6.07) is 8.61. The first-order valence-corrected chi connectivity index (χ1v) is 6.26. The van der Waals surface area contributed by atoms with Gasteiger partial charge in [0.2, 0.25) is 0 Å². The van der Waals surface area contributed by atoms with Crippen LogP contribution in [0.5, 0.6) is 5.75 Å². The normalized spacial score (nSPS) is 11.7. The first kappa shape index (κ1) is 13.9. The van der Waals surface area contributed by atoms with E-state index in [-0.39, 0.29) is 11.9 Å². The zero-order chi connectivity index (χ0) is 14.5. The molecule has 0 aliphatic rings. The fourth-order valence-corrected chi connectivity index (χ4v) is 1.88. The van der Waals surface area contributed by atoms with Crippen molar-refractivity contribution in [3.63, 3.8) is 0 Å². The summed E-state index contributed by atoms with van der Waals surface area (Å²) in [5, 5.41) is 2.90. The van der Waals surface area contributed by atoms with Gasteiger partial charge in [-0.25, -0.2) is 0 Å². The molecule has 1 aromatic carbocycles. The zero-order valence-electron chi connectivity index (χ0n) is 11.5. The van der Waals surface area contributed by atoms with Crippen LogP contribution < -0.4 is 15.8 Å². The number of nitrogens with zero attached hydrogens (tertiary/aromatic N) is 1. The topological polar surface area (TPSA) is 77.2 Å². The van der Waals surface area contributed by atoms with E-state index in [1.54, 1.807) is 37.7 Å². The molecule has 0 fully saturated rings. The van der Waals surface area contributed by atoms with Crippen molar-refractivity contribution in [3.05, 3.63) is 53.9 Å². The lowest BCUT2D eigenvalue weighted by molar-refractivity contribution is 0.0941. The van der Waals surface area contributed by atoms with Gasteiger partial charge < -0.3 is 15.8 Å². The lowest BCUT2D eigenvalue weighted by Crippen LogP contribution is -2.27. The Hall–Kier alpha value is -2.56. The van der Waals surface area contributed by atoms with E-state index in [9.17, 15) is 4.79 Å². The maximum Gasteiger partial charge on any atom is 0.253 e. The minimum atomic E-state index is -0.213. The summed E-state index contributed by atoms with van der Waals surface area (Å²) in [5.41, 5.74) is 7.68. The minimum Gasteiger partial charge on any atom is -0.497 e. The average Bonchev–Trinajstić information content (AvgIpc) is 2.47. The third-order valence-corrected chi connectivity index (χ3v) is 3.06. The van der Waals surface area contributed by atoms with Crippen molar-refractivity contribution in [1.29, 1.82) is 0 Å². The van der Waals surface area contributed by atoms with Crippen molar-refractivity contribution < 1.29 is 9.53 Å². The molecule has 1 amide bonds. The molecule has 1 heterocycles. The van der Waals surface area contributed by atoms with Crippen molar-refractivity contribution in [1.82, 2.24) is 10.3 Å². The first-order chi connectivity index (χ1) is 9.61. The summed E-state index contributed by atoms with van der Waals surface area (Å²) < 4.78 is 5.06. The number of carbonyl (C=O) groups is 1. The molecule has 0 bridgehead atoms. The van der Waals surface area contributed by atoms with Crippen molar-refractivity contribution in [2.24, 2.45) is 0 Å². The van der Waals surface area contributed by atoms with Gasteiger partial charge in [0.05, 0.1) is 18.7 Å². The number of rotatable bonds is 4. The summed E-state index contributed by atoms with van der Waals surface area (Å²) in [6.07, 6.45) is 3.39. The third-order valence-electron chi connectivity index (χ3n) is 3.06. The molecule has 2 aromatic rings. The monoisotopic (exact) mass is 271 g/mol. The van der Waals surface area contributed by atoms with E-state index in [0.717, 1.165) is 5.56 Å². The van der Waals surface area contributed by atoms with E-state index in [2.05, 4.69) is 10.3 Å². The molecule has 104 valence electrons. The Labute approximate surface area is 117 Å². The van der Waals surface area contributed by atoms with Crippen LogP contribution in [0.1, 0.15) is 28.9 Å². The summed E-state index contributed by atoms with van der Waals surface area (Å²) in [5.74, 6) is 0.413. The number of nitrogens with two attached hydrogens (primary N) is 1. The molecule has 0 aliphatic heterocycles. The van der Waals surface area contributed by atoms with Crippen molar-refractivity contribution in [2.75, 3.05) is 12.8 Å². The smallest absolute Gasteiger partial charge is 0.253 e. The van der Waals surface area contributed by atoms with Gasteiger partial charge in [-0.2, -0.15) is 0 Å². The molecule has 0 radical (unpaired) electrons. The number of hydrogen-bond acceptors (Lipinski definition) is 4. The molecule has 3 N–H and O–H groups in total. The number of anilines is 1. The van der Waals surface area contributed by atoms with Gasteiger partial charge in [-0.15, -0.1) is 0 Å². The molecule has 0 aliphatic carbocycles. The number of hydrogen-bond donors (Lipinski definition) is 2. The Kier molecular flexibility index (Phi) is 4.20. The molecule has 2 rings (SSSR count). The molecule has 20 heavy (non-hydrogen) atoms. The third kappa shape index (κ3) is 3.06. The van der Waals surface area contributed by atoms with Crippen LogP contribution in [0.4, 0.5) is 5.69 Å². The lowest BCUT2D eigenvalue weighted by atomic mass is 10.1. The van der Waals surface area contributed by atoms with Gasteiger partial charge in [-0.3, -0.25) is 9.78 Å². The summed E-state index contributed by atoms with van der Waals surface area (Å²) in [4.78, 5) is 16.2. The average molecular weight is 271 g/mol. The quantitative estimate of drug-likeness (QED) is 0.835. The Balaban J connectivity index is 2.12. The number of pyridine rings is 1. The van der Waals surface area contributed by atoms with Crippen LogP contribution in [0, 0.1) is 0 Å². The number of carbonyl (C=O) groups excluding carboxylic acids is 1. The van der Waals surface area contributed by atoms with Gasteiger partial charge in [0.15, 0.2) is 0 Å². The Bertz CT molecular complexity index is 599. The number of ether oxygens (including phenoxy) is 1. The van der Waals surface area contributed by atoms with E-state index in [4.69, 9.17) is 10.5 Å². The molecule has 0 spiro atoms. The lowest BCUT2D eigenvalue weighted by Gasteiger charge is -2.15. The Morgan fingerprint density at radius 1 is 1.30 bits per heavy atom. The van der Waals surface area contributed by atoms with E-state index in [0.29, 0.717) is 17.0 Å². The van der Waals surface area contributed by atoms with E-state index in [1.165, 1.54) is 0 Å². The number of nitrogen functional groups attached to an aromatic ring is 1. The summed E-state index contributed by atoms with van der Waals surface area (Å²) in [7, 11) is 1.56. The zero-order valence-corrected chi connectivity index (χ0v) is 11.5.